The Morgan fingerprint density at radius 3 is 2.28 bits per heavy atom. The van der Waals surface area contributed by atoms with Crippen LogP contribution in [0.2, 0.25) is 0 Å². The molecule has 1 aliphatic rings. The lowest BCUT2D eigenvalue weighted by Crippen LogP contribution is -2.28. The van der Waals surface area contributed by atoms with Crippen molar-refractivity contribution in [2.24, 2.45) is 0 Å². The molecule has 2 rings (SSSR count). The summed E-state index contributed by atoms with van der Waals surface area (Å²) in [5, 5.41) is 6.99. The van der Waals surface area contributed by atoms with Gasteiger partial charge in [0.2, 0.25) is 0 Å². The van der Waals surface area contributed by atoms with E-state index < -0.39 is 0 Å². The van der Waals surface area contributed by atoms with Gasteiger partial charge in [-0.2, -0.15) is 0 Å². The predicted octanol–water partition coefficient (Wildman–Crippen LogP) is 2.83. The molecule has 0 aromatic heterocycles. The lowest BCUT2D eigenvalue weighted by Gasteiger charge is -2.19. The van der Waals surface area contributed by atoms with Crippen molar-refractivity contribution in [1.82, 2.24) is 10.6 Å². The van der Waals surface area contributed by atoms with Gasteiger partial charge in [0.15, 0.2) is 0 Å². The van der Waals surface area contributed by atoms with Crippen LogP contribution in [0.1, 0.15) is 44.7 Å². The Morgan fingerprint density at radius 1 is 1.06 bits per heavy atom. The van der Waals surface area contributed by atoms with Crippen LogP contribution in [0.25, 0.3) is 0 Å². The van der Waals surface area contributed by atoms with Crippen LogP contribution in [0.15, 0.2) is 24.3 Å². The molecule has 1 aliphatic carbocycles. The maximum Gasteiger partial charge on any atom is 0.0206 e. The Balaban J connectivity index is 1.69. The molecule has 1 aromatic carbocycles. The van der Waals surface area contributed by atoms with Gasteiger partial charge in [-0.3, -0.25) is 0 Å². The van der Waals surface area contributed by atoms with E-state index >= 15 is 0 Å². The summed E-state index contributed by atoms with van der Waals surface area (Å²) < 4.78 is 0. The van der Waals surface area contributed by atoms with Gasteiger partial charge in [0.25, 0.3) is 0 Å². The molecule has 1 fully saturated rings. The fourth-order valence-electron chi connectivity index (χ4n) is 2.01. The van der Waals surface area contributed by atoms with Crippen LogP contribution in [0.5, 0.6) is 0 Å². The first-order chi connectivity index (χ1) is 8.55. The average molecular weight is 246 g/mol. The molecule has 0 saturated heterocycles. The first-order valence-corrected chi connectivity index (χ1v) is 7.09. The van der Waals surface area contributed by atoms with Gasteiger partial charge in [0.1, 0.15) is 0 Å². The van der Waals surface area contributed by atoms with Crippen LogP contribution in [0.3, 0.4) is 0 Å². The van der Waals surface area contributed by atoms with Crippen molar-refractivity contribution in [3.8, 4) is 0 Å². The largest absolute Gasteiger partial charge is 0.313 e. The summed E-state index contributed by atoms with van der Waals surface area (Å²) >= 11 is 0. The SMILES string of the molecule is CC(C)(C)c1ccc(CNCCNC2CC2)cc1. The van der Waals surface area contributed by atoms with E-state index in [1.54, 1.807) is 0 Å². The standard InChI is InChI=1S/C16H26N2/c1-16(2,3)14-6-4-13(5-7-14)12-17-10-11-18-15-8-9-15/h4-7,15,17-18H,8-12H2,1-3H3. The fourth-order valence-corrected chi connectivity index (χ4v) is 2.01. The molecule has 100 valence electrons. The van der Waals surface area contributed by atoms with E-state index in [1.165, 1.54) is 24.0 Å². The second-order valence-corrected chi connectivity index (χ2v) is 6.35. The number of nitrogens with one attached hydrogen (secondary N) is 2. The molecule has 0 heterocycles. The highest BCUT2D eigenvalue weighted by Crippen LogP contribution is 2.22. The molecule has 0 atom stereocenters. The van der Waals surface area contributed by atoms with E-state index in [2.05, 4.69) is 55.7 Å². The average Bonchev–Trinajstić information content (AvgIpc) is 3.12. The molecular formula is C16H26N2. The summed E-state index contributed by atoms with van der Waals surface area (Å²) in [6.07, 6.45) is 2.74. The summed E-state index contributed by atoms with van der Waals surface area (Å²) in [5.74, 6) is 0. The zero-order valence-electron chi connectivity index (χ0n) is 11.9. The van der Waals surface area contributed by atoms with Gasteiger partial charge in [-0.05, 0) is 29.4 Å². The smallest absolute Gasteiger partial charge is 0.0206 e. The Hall–Kier alpha value is -0.860. The summed E-state index contributed by atoms with van der Waals surface area (Å²) in [6, 6.07) is 9.79. The molecule has 0 bridgehead atoms. The highest BCUT2D eigenvalue weighted by Gasteiger charge is 2.19. The van der Waals surface area contributed by atoms with Gasteiger partial charge in [-0.15, -0.1) is 0 Å². The highest BCUT2D eigenvalue weighted by atomic mass is 15.0. The van der Waals surface area contributed by atoms with Gasteiger partial charge in [0.05, 0.1) is 0 Å². The molecule has 0 amide bonds. The second kappa shape index (κ2) is 5.85. The molecule has 0 radical (unpaired) electrons. The van der Waals surface area contributed by atoms with Crippen LogP contribution < -0.4 is 10.6 Å². The van der Waals surface area contributed by atoms with Gasteiger partial charge in [0, 0.05) is 25.7 Å². The molecule has 2 heteroatoms. The first kappa shape index (κ1) is 13.6. The van der Waals surface area contributed by atoms with Crippen molar-refractivity contribution in [3.05, 3.63) is 35.4 Å². The highest BCUT2D eigenvalue weighted by molar-refractivity contribution is 5.27. The van der Waals surface area contributed by atoms with Crippen LogP contribution in [-0.4, -0.2) is 19.1 Å². The minimum atomic E-state index is 0.250. The quantitative estimate of drug-likeness (QED) is 0.754. The molecule has 0 aliphatic heterocycles. The lowest BCUT2D eigenvalue weighted by molar-refractivity contribution is 0.588. The van der Waals surface area contributed by atoms with E-state index in [9.17, 15) is 0 Å². The van der Waals surface area contributed by atoms with Gasteiger partial charge in [-0.1, -0.05) is 45.0 Å². The zero-order chi connectivity index (χ0) is 13.0. The van der Waals surface area contributed by atoms with Crippen LogP contribution in [0.4, 0.5) is 0 Å². The van der Waals surface area contributed by atoms with Crippen molar-refractivity contribution in [2.45, 2.75) is 51.6 Å². The van der Waals surface area contributed by atoms with Crippen molar-refractivity contribution < 1.29 is 0 Å². The summed E-state index contributed by atoms with van der Waals surface area (Å²) in [5.41, 5.74) is 3.02. The van der Waals surface area contributed by atoms with E-state index in [4.69, 9.17) is 0 Å². The van der Waals surface area contributed by atoms with E-state index in [0.29, 0.717) is 0 Å². The molecule has 2 nitrogen and oxygen atoms in total. The molecule has 1 aromatic rings. The molecule has 2 N–H and O–H groups in total. The van der Waals surface area contributed by atoms with Crippen molar-refractivity contribution in [3.63, 3.8) is 0 Å². The monoisotopic (exact) mass is 246 g/mol. The van der Waals surface area contributed by atoms with E-state index in [-0.39, 0.29) is 5.41 Å². The number of hydrogen-bond donors (Lipinski definition) is 2. The maximum atomic E-state index is 3.51. The molecule has 0 spiro atoms. The van der Waals surface area contributed by atoms with Crippen molar-refractivity contribution >= 4 is 0 Å². The number of benzene rings is 1. The number of rotatable bonds is 6. The van der Waals surface area contributed by atoms with Crippen LogP contribution in [-0.2, 0) is 12.0 Å². The van der Waals surface area contributed by atoms with Crippen molar-refractivity contribution in [2.75, 3.05) is 13.1 Å². The Labute approximate surface area is 111 Å². The molecule has 1 saturated carbocycles. The second-order valence-electron chi connectivity index (χ2n) is 6.35. The molecule has 18 heavy (non-hydrogen) atoms. The first-order valence-electron chi connectivity index (χ1n) is 7.09. The predicted molar refractivity (Wildman–Crippen MR) is 77.9 cm³/mol. The van der Waals surface area contributed by atoms with Gasteiger partial charge >= 0.3 is 0 Å². The lowest BCUT2D eigenvalue weighted by atomic mass is 9.87. The van der Waals surface area contributed by atoms with E-state index in [0.717, 1.165) is 25.7 Å². The van der Waals surface area contributed by atoms with E-state index in [1.807, 2.05) is 0 Å². The third-order valence-corrected chi connectivity index (χ3v) is 3.46. The Kier molecular flexibility index (Phi) is 4.41. The van der Waals surface area contributed by atoms with Gasteiger partial charge in [-0.25, -0.2) is 0 Å². The molecule has 0 unspecified atom stereocenters. The summed E-state index contributed by atoms with van der Waals surface area (Å²) in [6.45, 7) is 9.87. The third kappa shape index (κ3) is 4.43. The minimum Gasteiger partial charge on any atom is -0.313 e. The van der Waals surface area contributed by atoms with Crippen LogP contribution >= 0.6 is 0 Å². The summed E-state index contributed by atoms with van der Waals surface area (Å²) in [4.78, 5) is 0. The van der Waals surface area contributed by atoms with Crippen LogP contribution in [0, 0.1) is 0 Å². The third-order valence-electron chi connectivity index (χ3n) is 3.46. The minimum absolute atomic E-state index is 0.250. The zero-order valence-corrected chi connectivity index (χ0v) is 11.9. The Morgan fingerprint density at radius 2 is 1.72 bits per heavy atom. The fraction of sp³-hybridized carbons (Fsp3) is 0.625. The normalized spacial score (nSPS) is 15.9. The summed E-state index contributed by atoms with van der Waals surface area (Å²) in [7, 11) is 0. The Bertz CT molecular complexity index is 358. The maximum absolute atomic E-state index is 3.51. The van der Waals surface area contributed by atoms with Gasteiger partial charge < -0.3 is 10.6 Å². The van der Waals surface area contributed by atoms with Crippen molar-refractivity contribution in [1.29, 1.82) is 0 Å². The number of hydrogen-bond acceptors (Lipinski definition) is 2. The topological polar surface area (TPSA) is 24.1 Å². The molecular weight excluding hydrogens is 220 g/mol.